The zero-order chi connectivity index (χ0) is 11.1. The van der Waals surface area contributed by atoms with Crippen LogP contribution in [0, 0.1) is 0 Å². The molecule has 0 aliphatic carbocycles. The van der Waals surface area contributed by atoms with Gasteiger partial charge in [-0.25, -0.2) is 0 Å². The van der Waals surface area contributed by atoms with Gasteiger partial charge in [0.1, 0.15) is 0 Å². The van der Waals surface area contributed by atoms with E-state index < -0.39 is 29.4 Å². The fourth-order valence-electron chi connectivity index (χ4n) is 0.482. The zero-order valence-electron chi connectivity index (χ0n) is 5.40. The van der Waals surface area contributed by atoms with Gasteiger partial charge in [0.2, 0.25) is 0 Å². The van der Waals surface area contributed by atoms with Gasteiger partial charge in [-0.3, -0.25) is 0 Å². The molecule has 0 bridgehead atoms. The molecule has 0 saturated carbocycles. The summed E-state index contributed by atoms with van der Waals surface area (Å²) >= 11 is -7.10. The molecule has 0 unspecified atom stereocenters. The van der Waals surface area contributed by atoms with Gasteiger partial charge in [-0.1, -0.05) is 0 Å². The minimum absolute atomic E-state index is 6.20. The SMILES string of the molecule is F[C](F)(F)[Ge]([C](F)(F)F)[C](F)(F)F. The van der Waals surface area contributed by atoms with Crippen molar-refractivity contribution in [3.8, 4) is 0 Å². The van der Waals surface area contributed by atoms with Crippen LogP contribution in [0.15, 0.2) is 0 Å². The Morgan fingerprint density at radius 2 is 0.615 bits per heavy atom. The van der Waals surface area contributed by atoms with Gasteiger partial charge in [0, 0.05) is 0 Å². The molecule has 0 nitrogen and oxygen atoms in total. The molecule has 0 aliphatic rings. The molecule has 0 amide bonds. The van der Waals surface area contributed by atoms with Crippen molar-refractivity contribution in [3.05, 3.63) is 0 Å². The van der Waals surface area contributed by atoms with E-state index in [1.54, 1.807) is 0 Å². The third-order valence-corrected chi connectivity index (χ3v) is 4.42. The van der Waals surface area contributed by atoms with Crippen molar-refractivity contribution in [1.82, 2.24) is 0 Å². The zero-order valence-corrected chi connectivity index (χ0v) is 7.50. The van der Waals surface area contributed by atoms with E-state index in [4.69, 9.17) is 0 Å². The van der Waals surface area contributed by atoms with Gasteiger partial charge in [-0.2, -0.15) is 0 Å². The van der Waals surface area contributed by atoms with Crippen LogP contribution in [0.3, 0.4) is 0 Å². The number of alkyl halides is 9. The Kier molecular flexibility index (Phi) is 3.22. The van der Waals surface area contributed by atoms with Crippen molar-refractivity contribution >= 4 is 14.3 Å². The quantitative estimate of drug-likeness (QED) is 0.472. The average Bonchev–Trinajstić information content (AvgIpc) is 1.44. The van der Waals surface area contributed by atoms with E-state index in [9.17, 15) is 39.5 Å². The minimum atomic E-state index is -7.10. The van der Waals surface area contributed by atoms with E-state index >= 15 is 0 Å². The molecule has 0 rings (SSSR count). The molecular formula is C3F9Ge. The summed E-state index contributed by atoms with van der Waals surface area (Å²) in [4.78, 5) is 0. The molecule has 0 aromatic heterocycles. The molecule has 0 aromatic rings. The van der Waals surface area contributed by atoms with Crippen LogP contribution in [0.2, 0.25) is 0 Å². The Morgan fingerprint density at radius 3 is 0.615 bits per heavy atom. The predicted molar refractivity (Wildman–Crippen MR) is 23.9 cm³/mol. The van der Waals surface area contributed by atoms with E-state index in [2.05, 4.69) is 0 Å². The van der Waals surface area contributed by atoms with Gasteiger partial charge < -0.3 is 0 Å². The first kappa shape index (κ1) is 12.9. The summed E-state index contributed by atoms with van der Waals surface area (Å²) in [5.41, 5.74) is 0. The molecule has 0 aliphatic heterocycles. The van der Waals surface area contributed by atoms with Gasteiger partial charge in [0.15, 0.2) is 0 Å². The molecule has 0 N–H and O–H groups in total. The summed E-state index contributed by atoms with van der Waals surface area (Å²) < 4.78 is 102. The van der Waals surface area contributed by atoms with Crippen LogP contribution in [0.1, 0.15) is 0 Å². The van der Waals surface area contributed by atoms with Gasteiger partial charge in [0.05, 0.1) is 0 Å². The molecule has 0 spiro atoms. The Labute approximate surface area is 69.8 Å². The molecule has 0 saturated heterocycles. The van der Waals surface area contributed by atoms with Crippen LogP contribution < -0.4 is 0 Å². The number of hydrogen-bond acceptors (Lipinski definition) is 0. The van der Waals surface area contributed by atoms with E-state index in [1.165, 1.54) is 0 Å². The summed E-state index contributed by atoms with van der Waals surface area (Å²) in [5.74, 6) is 0. The summed E-state index contributed by atoms with van der Waals surface area (Å²) in [5, 5.41) is -18.6. The van der Waals surface area contributed by atoms with Crippen LogP contribution in [0.4, 0.5) is 39.5 Å². The molecule has 1 radical (unpaired) electrons. The fraction of sp³-hybridized carbons (Fsp3) is 1.00. The van der Waals surface area contributed by atoms with Crippen molar-refractivity contribution in [2.45, 2.75) is 15.0 Å². The Morgan fingerprint density at radius 1 is 0.462 bits per heavy atom. The van der Waals surface area contributed by atoms with Crippen molar-refractivity contribution in [1.29, 1.82) is 0 Å². The molecule has 10 heteroatoms. The number of halogens is 9. The van der Waals surface area contributed by atoms with E-state index in [1.807, 2.05) is 0 Å². The van der Waals surface area contributed by atoms with Crippen LogP contribution in [0.25, 0.3) is 0 Å². The molecule has 0 fully saturated rings. The summed E-state index contributed by atoms with van der Waals surface area (Å²) in [6.07, 6.45) is 0. The first-order chi connectivity index (χ1) is 5.37. The van der Waals surface area contributed by atoms with Crippen LogP contribution in [-0.2, 0) is 0 Å². The Balaban J connectivity index is 5.02. The molecular weight excluding hydrogens is 280 g/mol. The predicted octanol–water partition coefficient (Wildman–Crippen LogP) is 2.79. The van der Waals surface area contributed by atoms with Crippen molar-refractivity contribution in [2.24, 2.45) is 0 Å². The maximum absolute atomic E-state index is 11.3. The van der Waals surface area contributed by atoms with Gasteiger partial charge >= 0.3 is 68.9 Å². The summed E-state index contributed by atoms with van der Waals surface area (Å²) in [6, 6.07) is 0. The number of rotatable bonds is 0. The second-order valence-corrected chi connectivity index (χ2v) is 7.01. The first-order valence-electron chi connectivity index (χ1n) is 2.45. The molecule has 0 atom stereocenters. The molecule has 13 heavy (non-hydrogen) atoms. The monoisotopic (exact) mass is 281 g/mol. The Bertz CT molecular complexity index is 137. The second kappa shape index (κ2) is 3.24. The average molecular weight is 280 g/mol. The van der Waals surface area contributed by atoms with Crippen LogP contribution in [-0.4, -0.2) is 29.4 Å². The summed E-state index contributed by atoms with van der Waals surface area (Å²) in [6.45, 7) is 0. The van der Waals surface area contributed by atoms with Crippen LogP contribution >= 0.6 is 0 Å². The van der Waals surface area contributed by atoms with Gasteiger partial charge in [0.25, 0.3) is 0 Å². The Hall–Kier alpha value is -0.0871. The first-order valence-corrected chi connectivity index (χ1v) is 5.60. The van der Waals surface area contributed by atoms with Gasteiger partial charge in [-0.15, -0.1) is 0 Å². The molecule has 0 heterocycles. The third kappa shape index (κ3) is 3.65. The van der Waals surface area contributed by atoms with Crippen LogP contribution in [0.5, 0.6) is 0 Å². The van der Waals surface area contributed by atoms with E-state index in [-0.39, 0.29) is 0 Å². The second-order valence-electron chi connectivity index (χ2n) is 1.87. The van der Waals surface area contributed by atoms with Crippen molar-refractivity contribution in [2.75, 3.05) is 0 Å². The number of hydrogen-bond donors (Lipinski definition) is 0. The molecule has 0 aromatic carbocycles. The van der Waals surface area contributed by atoms with Crippen molar-refractivity contribution in [3.63, 3.8) is 0 Å². The molecule has 79 valence electrons. The summed E-state index contributed by atoms with van der Waals surface area (Å²) in [7, 11) is 0. The topological polar surface area (TPSA) is 0 Å². The van der Waals surface area contributed by atoms with E-state index in [0.717, 1.165) is 0 Å². The third-order valence-electron chi connectivity index (χ3n) is 0.850. The van der Waals surface area contributed by atoms with Crippen molar-refractivity contribution < 1.29 is 39.5 Å². The standard InChI is InChI=1S/C3F9Ge/c4-1(5,6)13(2(7,8)9)3(10,11)12. The normalized spacial score (nSPS) is 15.2. The van der Waals surface area contributed by atoms with E-state index in [0.29, 0.717) is 0 Å². The maximum atomic E-state index is 11.3. The van der Waals surface area contributed by atoms with Gasteiger partial charge in [-0.05, 0) is 0 Å². The fourth-order valence-corrected chi connectivity index (χ4v) is 2.51.